The molecule has 3 atom stereocenters. The fourth-order valence-corrected chi connectivity index (χ4v) is 4.57. The van der Waals surface area contributed by atoms with Gasteiger partial charge in [-0.25, -0.2) is 4.99 Å². The van der Waals surface area contributed by atoms with E-state index >= 15 is 0 Å². The second-order valence-electron chi connectivity index (χ2n) is 10.4. The maximum atomic E-state index is 13.8. The number of benzene rings is 2. The van der Waals surface area contributed by atoms with Gasteiger partial charge in [0, 0.05) is 32.5 Å². The molecule has 0 unspecified atom stereocenters. The smallest absolute Gasteiger partial charge is 0.307 e. The summed E-state index contributed by atoms with van der Waals surface area (Å²) in [5, 5.41) is 15.2. The fraction of sp³-hybridized carbons (Fsp3) is 0.419. The maximum absolute atomic E-state index is 13.8. The van der Waals surface area contributed by atoms with Crippen molar-refractivity contribution in [1.29, 1.82) is 0 Å². The lowest BCUT2D eigenvalue weighted by Crippen LogP contribution is -2.56. The Morgan fingerprint density at radius 1 is 0.870 bits per heavy atom. The highest BCUT2D eigenvalue weighted by Crippen LogP contribution is 2.14. The zero-order valence-electron chi connectivity index (χ0n) is 26.2. The van der Waals surface area contributed by atoms with E-state index in [1.54, 1.807) is 19.1 Å². The van der Waals surface area contributed by atoms with Gasteiger partial charge in [0.15, 0.2) is 11.9 Å². The average molecular weight is 640 g/mol. The molecular weight excluding hydrogens is 594 g/mol. The second-order valence-corrected chi connectivity index (χ2v) is 10.4. The number of hydrogen-bond donors (Lipinski definition) is 7. The van der Waals surface area contributed by atoms with Crippen LogP contribution >= 0.6 is 0 Å². The number of esters is 1. The van der Waals surface area contributed by atoms with Gasteiger partial charge in [0.1, 0.15) is 23.9 Å². The molecule has 0 aliphatic rings. The Hall–Kier alpha value is -5.34. The predicted molar refractivity (Wildman–Crippen MR) is 174 cm³/mol. The summed E-state index contributed by atoms with van der Waals surface area (Å²) in [6.07, 6.45) is 0.658. The number of carbonyl (C=O) groups is 4. The summed E-state index contributed by atoms with van der Waals surface area (Å²) in [4.78, 5) is 62.3. The minimum absolute atomic E-state index is 0.0151. The molecule has 2 rings (SSSR count). The van der Waals surface area contributed by atoms with E-state index < -0.39 is 41.8 Å². The number of phenolic OH excluding ortho intramolecular Hbond substituents is 1. The van der Waals surface area contributed by atoms with Gasteiger partial charge in [0.05, 0.1) is 13.5 Å². The van der Waals surface area contributed by atoms with E-state index in [4.69, 9.17) is 27.7 Å². The number of methoxy groups -OCH3 is 1. The Kier molecular flexibility index (Phi) is 15.3. The normalized spacial score (nSPS) is 12.5. The quantitative estimate of drug-likeness (QED) is 0.0465. The lowest BCUT2D eigenvalue weighted by molar-refractivity contribution is -0.142. The van der Waals surface area contributed by atoms with E-state index in [0.717, 1.165) is 5.56 Å². The van der Waals surface area contributed by atoms with Crippen LogP contribution in [0.15, 0.2) is 64.6 Å². The van der Waals surface area contributed by atoms with Crippen LogP contribution in [0.25, 0.3) is 0 Å². The van der Waals surface area contributed by atoms with Crippen molar-refractivity contribution in [1.82, 2.24) is 15.5 Å². The number of hydrogen-bond acceptors (Lipinski definition) is 8. The van der Waals surface area contributed by atoms with Crippen molar-refractivity contribution in [2.45, 2.75) is 57.2 Å². The number of amides is 3. The van der Waals surface area contributed by atoms with E-state index in [-0.39, 0.29) is 63.0 Å². The highest BCUT2D eigenvalue weighted by atomic mass is 16.5. The van der Waals surface area contributed by atoms with E-state index in [1.807, 2.05) is 30.3 Å². The molecule has 0 aliphatic heterocycles. The summed E-state index contributed by atoms with van der Waals surface area (Å²) in [6, 6.07) is 12.1. The van der Waals surface area contributed by atoms with Gasteiger partial charge in [-0.15, -0.1) is 0 Å². The van der Waals surface area contributed by atoms with E-state index in [1.165, 1.54) is 24.1 Å². The van der Waals surface area contributed by atoms with Crippen LogP contribution in [0.1, 0.15) is 37.3 Å². The van der Waals surface area contributed by atoms with Crippen LogP contribution in [0, 0.1) is 0 Å². The van der Waals surface area contributed by atoms with Crippen LogP contribution in [-0.2, 0) is 36.8 Å². The molecule has 15 nitrogen and oxygen atoms in total. The summed E-state index contributed by atoms with van der Waals surface area (Å²) >= 11 is 0. The SMILES string of the molecule is CCN(CCC(=O)OC)C(=O)[C@H](Cc1ccccc1)NC(=O)[C@@H](CCCN=C(N)N)NC(=O)[C@H](Cc1ccc(O)cc1)N=C(N)N. The Balaban J connectivity index is 2.35. The molecule has 0 aliphatic carbocycles. The number of nitrogens with one attached hydrogen (secondary N) is 2. The van der Waals surface area contributed by atoms with E-state index in [2.05, 4.69) is 20.6 Å². The summed E-state index contributed by atoms with van der Waals surface area (Å²) in [6.45, 7) is 2.34. The second kappa shape index (κ2) is 19.1. The highest BCUT2D eigenvalue weighted by Gasteiger charge is 2.31. The maximum Gasteiger partial charge on any atom is 0.307 e. The largest absolute Gasteiger partial charge is 0.508 e. The van der Waals surface area contributed by atoms with Crippen molar-refractivity contribution < 1.29 is 29.0 Å². The first-order valence-corrected chi connectivity index (χ1v) is 14.9. The molecule has 46 heavy (non-hydrogen) atoms. The summed E-state index contributed by atoms with van der Waals surface area (Å²) < 4.78 is 4.71. The molecular formula is C31H45N9O6. The first kappa shape index (κ1) is 36.8. The van der Waals surface area contributed by atoms with Gasteiger partial charge < -0.3 is 48.3 Å². The van der Waals surface area contributed by atoms with Crippen molar-refractivity contribution in [3.63, 3.8) is 0 Å². The minimum atomic E-state index is -1.12. The lowest BCUT2D eigenvalue weighted by atomic mass is 10.0. The Morgan fingerprint density at radius 2 is 1.50 bits per heavy atom. The molecule has 0 saturated heterocycles. The van der Waals surface area contributed by atoms with Gasteiger partial charge in [-0.3, -0.25) is 24.2 Å². The van der Waals surface area contributed by atoms with Gasteiger partial charge in [0.25, 0.3) is 0 Å². The van der Waals surface area contributed by atoms with Crippen LogP contribution in [0.2, 0.25) is 0 Å². The number of nitrogens with two attached hydrogens (primary N) is 4. The molecule has 15 heteroatoms. The molecule has 250 valence electrons. The number of carbonyl (C=O) groups excluding carboxylic acids is 4. The van der Waals surface area contributed by atoms with Crippen molar-refractivity contribution in [2.24, 2.45) is 32.9 Å². The first-order chi connectivity index (χ1) is 21.9. The van der Waals surface area contributed by atoms with Gasteiger partial charge in [-0.2, -0.15) is 0 Å². The van der Waals surface area contributed by atoms with Gasteiger partial charge >= 0.3 is 5.97 Å². The molecule has 0 radical (unpaired) electrons. The molecule has 0 spiro atoms. The van der Waals surface area contributed by atoms with E-state index in [0.29, 0.717) is 12.0 Å². The third kappa shape index (κ3) is 13.1. The van der Waals surface area contributed by atoms with Gasteiger partial charge in [0.2, 0.25) is 17.7 Å². The van der Waals surface area contributed by atoms with Crippen molar-refractivity contribution >= 4 is 35.6 Å². The molecule has 2 aromatic carbocycles. The fourth-order valence-electron chi connectivity index (χ4n) is 4.57. The number of ether oxygens (including phenoxy) is 1. The minimum Gasteiger partial charge on any atom is -0.508 e. The number of aliphatic imine (C=N–C) groups is 2. The van der Waals surface area contributed by atoms with Gasteiger partial charge in [-0.05, 0) is 43.0 Å². The first-order valence-electron chi connectivity index (χ1n) is 14.9. The predicted octanol–water partition coefficient (Wildman–Crippen LogP) is -0.746. The zero-order chi connectivity index (χ0) is 34.1. The Labute approximate surface area is 268 Å². The van der Waals surface area contributed by atoms with Crippen LogP contribution in [0.3, 0.4) is 0 Å². The highest BCUT2D eigenvalue weighted by molar-refractivity contribution is 5.94. The van der Waals surface area contributed by atoms with E-state index in [9.17, 15) is 24.3 Å². The Bertz CT molecular complexity index is 1340. The standard InChI is InChI=1S/C31H45N9O6/c1-3-40(17-15-26(42)46-2)29(45)25(19-20-8-5-4-6-9-20)38-27(43)23(10-7-16-36-30(32)33)37-28(44)24(39-31(34)35)18-21-11-13-22(41)14-12-21/h4-6,8-9,11-14,23-25,41H,3,7,10,15-19H2,1-2H3,(H,37,44)(H,38,43)(H4,32,33,36)(H4,34,35,39)/t23-,24+,25+/m1/s1. The zero-order valence-corrected chi connectivity index (χ0v) is 26.2. The Morgan fingerprint density at radius 3 is 2.09 bits per heavy atom. The molecule has 0 fully saturated rings. The number of aromatic hydroxyl groups is 1. The van der Waals surface area contributed by atoms with Crippen LogP contribution in [0.4, 0.5) is 0 Å². The molecule has 0 heterocycles. The lowest BCUT2D eigenvalue weighted by Gasteiger charge is -2.29. The summed E-state index contributed by atoms with van der Waals surface area (Å²) in [7, 11) is 1.27. The number of guanidine groups is 2. The molecule has 11 N–H and O–H groups in total. The number of nitrogens with zero attached hydrogens (tertiary/aromatic N) is 3. The van der Waals surface area contributed by atoms with Crippen molar-refractivity contribution in [3.8, 4) is 5.75 Å². The third-order valence-corrected chi connectivity index (χ3v) is 6.96. The summed E-state index contributed by atoms with van der Waals surface area (Å²) in [5.74, 6) is -2.52. The average Bonchev–Trinajstić information content (AvgIpc) is 3.02. The van der Waals surface area contributed by atoms with Crippen molar-refractivity contribution in [3.05, 3.63) is 65.7 Å². The van der Waals surface area contributed by atoms with Crippen LogP contribution in [0.5, 0.6) is 5.75 Å². The van der Waals surface area contributed by atoms with Crippen LogP contribution < -0.4 is 33.6 Å². The molecule has 3 amide bonds. The van der Waals surface area contributed by atoms with Crippen LogP contribution in [-0.4, -0.2) is 90.5 Å². The monoisotopic (exact) mass is 639 g/mol. The van der Waals surface area contributed by atoms with Gasteiger partial charge in [-0.1, -0.05) is 42.5 Å². The number of likely N-dealkylation sites (N-methyl/N-ethyl adjacent to an activating group) is 1. The number of phenols is 1. The molecule has 0 bridgehead atoms. The molecule has 0 saturated carbocycles. The molecule has 2 aromatic rings. The topological polar surface area (TPSA) is 254 Å². The molecule has 0 aromatic heterocycles. The summed E-state index contributed by atoms with van der Waals surface area (Å²) in [5.41, 5.74) is 23.6. The number of rotatable bonds is 18. The van der Waals surface area contributed by atoms with Crippen molar-refractivity contribution in [2.75, 3.05) is 26.7 Å². The third-order valence-electron chi connectivity index (χ3n) is 6.96.